The predicted octanol–water partition coefficient (Wildman–Crippen LogP) is 0.320. The molecule has 18 heavy (non-hydrogen) atoms. The first-order chi connectivity index (χ1) is 8.51. The largest absolute Gasteiger partial charge is 0.481 e. The lowest BCUT2D eigenvalue weighted by atomic mass is 10.2. The molecular formula is C12H20N2O4. The molecule has 0 aliphatic carbocycles. The maximum absolute atomic E-state index is 12.1. The minimum Gasteiger partial charge on any atom is -0.481 e. The smallest absolute Gasteiger partial charge is 0.304 e. The average Bonchev–Trinajstić information content (AvgIpc) is 2.58. The Hall–Kier alpha value is -1.43. The van der Waals surface area contributed by atoms with Crippen LogP contribution >= 0.6 is 0 Å². The highest BCUT2D eigenvalue weighted by Gasteiger charge is 2.40. The molecule has 1 heterocycles. The molecule has 1 aliphatic rings. The second kappa shape index (κ2) is 6.49. The van der Waals surface area contributed by atoms with E-state index < -0.39 is 12.0 Å². The Balaban J connectivity index is 2.67. The van der Waals surface area contributed by atoms with Gasteiger partial charge < -0.3 is 5.11 Å². The fraction of sp³-hybridized carbons (Fsp3) is 0.750. The number of likely N-dealkylation sites (tertiary alicyclic amines) is 1. The summed E-state index contributed by atoms with van der Waals surface area (Å²) in [5.41, 5.74) is 0. The topological polar surface area (TPSA) is 77.9 Å². The van der Waals surface area contributed by atoms with Crippen molar-refractivity contribution in [1.29, 1.82) is 0 Å². The number of rotatable bonds is 7. The number of hydrogen-bond donors (Lipinski definition) is 1. The van der Waals surface area contributed by atoms with Crippen LogP contribution in [0.5, 0.6) is 0 Å². The van der Waals surface area contributed by atoms with E-state index in [1.54, 1.807) is 4.90 Å². The summed E-state index contributed by atoms with van der Waals surface area (Å²) >= 11 is 0. The van der Waals surface area contributed by atoms with Crippen molar-refractivity contribution in [1.82, 2.24) is 9.80 Å². The Bertz CT molecular complexity index is 343. The van der Waals surface area contributed by atoms with Crippen LogP contribution in [0.2, 0.25) is 0 Å². The van der Waals surface area contributed by atoms with Gasteiger partial charge in [-0.15, -0.1) is 0 Å². The Morgan fingerprint density at radius 2 is 2.11 bits per heavy atom. The van der Waals surface area contributed by atoms with Gasteiger partial charge in [0.2, 0.25) is 11.8 Å². The molecule has 1 N–H and O–H groups in total. The van der Waals surface area contributed by atoms with Crippen molar-refractivity contribution in [3.8, 4) is 0 Å². The minimum absolute atomic E-state index is 0.0143. The van der Waals surface area contributed by atoms with Crippen LogP contribution in [-0.4, -0.2) is 58.4 Å². The van der Waals surface area contributed by atoms with E-state index in [1.165, 1.54) is 4.90 Å². The fourth-order valence-corrected chi connectivity index (χ4v) is 2.18. The normalized spacial score (nSPS) is 19.9. The van der Waals surface area contributed by atoms with Crippen LogP contribution in [0, 0.1) is 0 Å². The molecule has 0 aromatic rings. The van der Waals surface area contributed by atoms with Gasteiger partial charge in [-0.05, 0) is 13.0 Å². The van der Waals surface area contributed by atoms with Crippen molar-refractivity contribution in [3.05, 3.63) is 0 Å². The van der Waals surface area contributed by atoms with Crippen molar-refractivity contribution in [3.63, 3.8) is 0 Å². The number of nitrogens with zero attached hydrogens (tertiary/aromatic N) is 2. The zero-order valence-electron chi connectivity index (χ0n) is 10.9. The number of imide groups is 1. The summed E-state index contributed by atoms with van der Waals surface area (Å²) < 4.78 is 0. The summed E-state index contributed by atoms with van der Waals surface area (Å²) in [5, 5.41) is 8.67. The summed E-state index contributed by atoms with van der Waals surface area (Å²) in [7, 11) is 0. The first-order valence-electron chi connectivity index (χ1n) is 6.31. The second-order valence-electron chi connectivity index (χ2n) is 4.38. The van der Waals surface area contributed by atoms with Crippen LogP contribution in [-0.2, 0) is 14.4 Å². The highest BCUT2D eigenvalue weighted by molar-refractivity contribution is 6.05. The Morgan fingerprint density at radius 1 is 1.44 bits per heavy atom. The number of amides is 2. The van der Waals surface area contributed by atoms with E-state index in [1.807, 2.05) is 13.8 Å². The molecule has 1 atom stereocenters. The quantitative estimate of drug-likeness (QED) is 0.664. The van der Waals surface area contributed by atoms with Gasteiger partial charge in [-0.1, -0.05) is 13.8 Å². The van der Waals surface area contributed by atoms with Gasteiger partial charge in [0, 0.05) is 13.1 Å². The second-order valence-corrected chi connectivity index (χ2v) is 4.38. The first kappa shape index (κ1) is 14.6. The third-order valence-electron chi connectivity index (χ3n) is 3.13. The summed E-state index contributed by atoms with van der Waals surface area (Å²) in [6, 6.07) is -0.478. The minimum atomic E-state index is -0.893. The molecule has 0 bridgehead atoms. The van der Waals surface area contributed by atoms with Crippen molar-refractivity contribution in [2.75, 3.05) is 19.6 Å². The Labute approximate surface area is 107 Å². The molecule has 1 saturated heterocycles. The van der Waals surface area contributed by atoms with Gasteiger partial charge >= 0.3 is 5.97 Å². The van der Waals surface area contributed by atoms with Gasteiger partial charge in [0.15, 0.2) is 0 Å². The van der Waals surface area contributed by atoms with Gasteiger partial charge in [-0.2, -0.15) is 0 Å². The van der Waals surface area contributed by atoms with Crippen LogP contribution in [0.3, 0.4) is 0 Å². The number of aliphatic carboxylic acids is 1. The third-order valence-corrected chi connectivity index (χ3v) is 3.13. The molecule has 6 heteroatoms. The van der Waals surface area contributed by atoms with E-state index >= 15 is 0 Å². The molecule has 0 saturated carbocycles. The number of carboxylic acids is 1. The van der Waals surface area contributed by atoms with Crippen LogP contribution < -0.4 is 0 Å². The van der Waals surface area contributed by atoms with Gasteiger partial charge in [0.1, 0.15) is 0 Å². The monoisotopic (exact) mass is 256 g/mol. The van der Waals surface area contributed by atoms with Crippen molar-refractivity contribution in [2.24, 2.45) is 0 Å². The lowest BCUT2D eigenvalue weighted by molar-refractivity contribution is -0.141. The Kier molecular flexibility index (Phi) is 5.27. The van der Waals surface area contributed by atoms with Gasteiger partial charge in [-0.25, -0.2) is 0 Å². The van der Waals surface area contributed by atoms with E-state index in [2.05, 4.69) is 0 Å². The van der Waals surface area contributed by atoms with Gasteiger partial charge in [-0.3, -0.25) is 24.2 Å². The predicted molar refractivity (Wildman–Crippen MR) is 64.9 cm³/mol. The third kappa shape index (κ3) is 3.29. The summed E-state index contributed by atoms with van der Waals surface area (Å²) in [6.45, 7) is 5.09. The number of carboxylic acid groups (broad SMARTS) is 1. The van der Waals surface area contributed by atoms with Crippen LogP contribution in [0.4, 0.5) is 0 Å². The lowest BCUT2D eigenvalue weighted by Crippen LogP contribution is -2.43. The summed E-state index contributed by atoms with van der Waals surface area (Å²) in [6.07, 6.45) is 0.900. The van der Waals surface area contributed by atoms with Crippen molar-refractivity contribution < 1.29 is 19.5 Å². The molecular weight excluding hydrogens is 236 g/mol. The maximum Gasteiger partial charge on any atom is 0.304 e. The molecule has 0 radical (unpaired) electrons. The van der Waals surface area contributed by atoms with E-state index in [0.717, 1.165) is 6.42 Å². The highest BCUT2D eigenvalue weighted by atomic mass is 16.4. The van der Waals surface area contributed by atoms with Gasteiger partial charge in [0.25, 0.3) is 0 Å². The molecule has 102 valence electrons. The lowest BCUT2D eigenvalue weighted by Gasteiger charge is -2.25. The molecule has 0 spiro atoms. The zero-order valence-corrected chi connectivity index (χ0v) is 10.9. The molecule has 1 aliphatic heterocycles. The SMILES string of the molecule is CCCN1C(=O)CC(N(CC)CCC(=O)O)C1=O. The average molecular weight is 256 g/mol. The van der Waals surface area contributed by atoms with Crippen LogP contribution in [0.1, 0.15) is 33.1 Å². The van der Waals surface area contributed by atoms with E-state index in [-0.39, 0.29) is 24.7 Å². The fourth-order valence-electron chi connectivity index (χ4n) is 2.18. The maximum atomic E-state index is 12.1. The molecule has 1 rings (SSSR count). The first-order valence-corrected chi connectivity index (χ1v) is 6.31. The molecule has 1 unspecified atom stereocenters. The molecule has 0 aromatic carbocycles. The number of carbonyl (C=O) groups is 3. The number of likely N-dealkylation sites (N-methyl/N-ethyl adjacent to an activating group) is 1. The summed E-state index contributed by atoms with van der Waals surface area (Å²) in [4.78, 5) is 37.4. The molecule has 0 aromatic heterocycles. The number of hydrogen-bond acceptors (Lipinski definition) is 4. The molecule has 6 nitrogen and oxygen atoms in total. The highest BCUT2D eigenvalue weighted by Crippen LogP contribution is 2.19. The van der Waals surface area contributed by atoms with Crippen LogP contribution in [0.15, 0.2) is 0 Å². The van der Waals surface area contributed by atoms with Crippen molar-refractivity contribution in [2.45, 2.75) is 39.2 Å². The zero-order chi connectivity index (χ0) is 13.7. The van der Waals surface area contributed by atoms with E-state index in [4.69, 9.17) is 5.11 Å². The van der Waals surface area contributed by atoms with Crippen LogP contribution in [0.25, 0.3) is 0 Å². The summed E-state index contributed by atoms with van der Waals surface area (Å²) in [5.74, 6) is -1.23. The van der Waals surface area contributed by atoms with E-state index in [9.17, 15) is 14.4 Å². The number of carbonyl (C=O) groups excluding carboxylic acids is 2. The Morgan fingerprint density at radius 3 is 2.61 bits per heavy atom. The van der Waals surface area contributed by atoms with Crippen molar-refractivity contribution >= 4 is 17.8 Å². The molecule has 1 fully saturated rings. The van der Waals surface area contributed by atoms with Gasteiger partial charge in [0.05, 0.1) is 18.9 Å². The molecule has 2 amide bonds. The standard InChI is InChI=1S/C12H20N2O4/c1-3-6-14-10(15)8-9(12(14)18)13(4-2)7-5-11(16)17/h9H,3-8H2,1-2H3,(H,16,17). The van der Waals surface area contributed by atoms with E-state index in [0.29, 0.717) is 19.6 Å².